The van der Waals surface area contributed by atoms with Gasteiger partial charge in [0, 0.05) is 5.92 Å². The number of nitrogens with two attached hydrogens (primary N) is 1. The van der Waals surface area contributed by atoms with Gasteiger partial charge in [0.05, 0.1) is 0 Å². The third kappa shape index (κ3) is 8.91. The van der Waals surface area contributed by atoms with Gasteiger partial charge in [0.2, 0.25) is 0 Å². The Morgan fingerprint density at radius 1 is 0.889 bits per heavy atom. The Morgan fingerprint density at radius 3 is 1.83 bits per heavy atom. The largest absolute Gasteiger partial charge is 0.330 e. The van der Waals surface area contributed by atoms with E-state index in [1.165, 1.54) is 44.9 Å². The van der Waals surface area contributed by atoms with Crippen LogP contribution in [0.25, 0.3) is 0 Å². The number of hydrogen-bond donors (Lipinski definition) is 1. The molecule has 0 aliphatic heterocycles. The lowest BCUT2D eigenvalue weighted by Crippen LogP contribution is -2.29. The molecule has 2 unspecified atom stereocenters. The quantitative estimate of drug-likeness (QED) is 0.486. The van der Waals surface area contributed by atoms with E-state index in [1.807, 2.05) is 0 Å². The van der Waals surface area contributed by atoms with Gasteiger partial charge >= 0.3 is 0 Å². The molecule has 0 saturated carbocycles. The SMILES string of the molecule is CCCCCCCCCCC(F)C(CN)C(C)C. The maximum Gasteiger partial charge on any atom is 0.104 e. The van der Waals surface area contributed by atoms with E-state index in [0.717, 1.165) is 6.42 Å². The van der Waals surface area contributed by atoms with Crippen molar-refractivity contribution < 1.29 is 4.39 Å². The van der Waals surface area contributed by atoms with Crippen LogP contribution < -0.4 is 5.73 Å². The first-order valence-corrected chi connectivity index (χ1v) is 7.97. The minimum absolute atomic E-state index is 0.0505. The topological polar surface area (TPSA) is 26.0 Å². The lowest BCUT2D eigenvalue weighted by atomic mass is 9.88. The molecule has 2 heteroatoms. The standard InChI is InChI=1S/C16H34FN/c1-4-5-6-7-8-9-10-11-12-16(17)15(13-18)14(2)3/h14-16H,4-13,18H2,1-3H3. The van der Waals surface area contributed by atoms with Gasteiger partial charge in [-0.3, -0.25) is 0 Å². The van der Waals surface area contributed by atoms with Crippen molar-refractivity contribution in [3.63, 3.8) is 0 Å². The zero-order valence-corrected chi connectivity index (χ0v) is 12.8. The summed E-state index contributed by atoms with van der Waals surface area (Å²) in [5.41, 5.74) is 5.63. The third-order valence-electron chi connectivity index (χ3n) is 3.93. The van der Waals surface area contributed by atoms with Crippen LogP contribution >= 0.6 is 0 Å². The number of alkyl halides is 1. The van der Waals surface area contributed by atoms with E-state index in [2.05, 4.69) is 20.8 Å². The zero-order valence-electron chi connectivity index (χ0n) is 12.8. The molecule has 0 rings (SSSR count). The summed E-state index contributed by atoms with van der Waals surface area (Å²) in [7, 11) is 0. The van der Waals surface area contributed by atoms with Crippen molar-refractivity contribution in [2.45, 2.75) is 84.7 Å². The van der Waals surface area contributed by atoms with E-state index in [-0.39, 0.29) is 5.92 Å². The normalized spacial score (nSPS) is 15.0. The van der Waals surface area contributed by atoms with E-state index < -0.39 is 6.17 Å². The first kappa shape index (κ1) is 17.9. The second-order valence-electron chi connectivity index (χ2n) is 5.92. The van der Waals surface area contributed by atoms with Crippen LogP contribution in [0.1, 0.15) is 78.6 Å². The maximum absolute atomic E-state index is 13.9. The zero-order chi connectivity index (χ0) is 13.8. The summed E-state index contributed by atoms with van der Waals surface area (Å²) in [4.78, 5) is 0. The molecule has 0 aromatic heterocycles. The van der Waals surface area contributed by atoms with E-state index >= 15 is 0 Å². The Labute approximate surface area is 114 Å². The molecule has 0 heterocycles. The molecule has 0 aromatic rings. The molecular formula is C16H34FN. The van der Waals surface area contributed by atoms with Crippen molar-refractivity contribution in [2.75, 3.05) is 6.54 Å². The number of rotatable bonds is 12. The fourth-order valence-corrected chi connectivity index (χ4v) is 2.52. The van der Waals surface area contributed by atoms with Crippen LogP contribution in [-0.2, 0) is 0 Å². The van der Waals surface area contributed by atoms with Gasteiger partial charge in [-0.2, -0.15) is 0 Å². The molecule has 0 radical (unpaired) electrons. The van der Waals surface area contributed by atoms with Crippen LogP contribution in [0.3, 0.4) is 0 Å². The highest BCUT2D eigenvalue weighted by molar-refractivity contribution is 4.73. The molecule has 18 heavy (non-hydrogen) atoms. The van der Waals surface area contributed by atoms with Gasteiger partial charge in [-0.05, 0) is 18.9 Å². The van der Waals surface area contributed by atoms with Crippen molar-refractivity contribution in [3.8, 4) is 0 Å². The first-order valence-electron chi connectivity index (χ1n) is 7.97. The van der Waals surface area contributed by atoms with Gasteiger partial charge in [-0.15, -0.1) is 0 Å². The molecule has 0 aromatic carbocycles. The van der Waals surface area contributed by atoms with Gasteiger partial charge in [0.1, 0.15) is 6.17 Å². The average molecular weight is 259 g/mol. The van der Waals surface area contributed by atoms with Crippen LogP contribution in [0.4, 0.5) is 4.39 Å². The fourth-order valence-electron chi connectivity index (χ4n) is 2.52. The summed E-state index contributed by atoms with van der Waals surface area (Å²) >= 11 is 0. The molecule has 2 N–H and O–H groups in total. The molecule has 0 aliphatic carbocycles. The Kier molecular flexibility index (Phi) is 11.9. The monoisotopic (exact) mass is 259 g/mol. The molecule has 0 aliphatic rings. The highest BCUT2D eigenvalue weighted by atomic mass is 19.1. The molecule has 110 valence electrons. The second-order valence-corrected chi connectivity index (χ2v) is 5.92. The molecular weight excluding hydrogens is 225 g/mol. The molecule has 0 fully saturated rings. The Balaban J connectivity index is 3.42. The van der Waals surface area contributed by atoms with Crippen molar-refractivity contribution in [1.82, 2.24) is 0 Å². The molecule has 0 spiro atoms. The van der Waals surface area contributed by atoms with Crippen molar-refractivity contribution in [1.29, 1.82) is 0 Å². The Hall–Kier alpha value is -0.110. The number of halogens is 1. The highest BCUT2D eigenvalue weighted by Gasteiger charge is 2.22. The van der Waals surface area contributed by atoms with Crippen LogP contribution in [0.2, 0.25) is 0 Å². The number of unbranched alkanes of at least 4 members (excludes halogenated alkanes) is 7. The van der Waals surface area contributed by atoms with Crippen LogP contribution in [-0.4, -0.2) is 12.7 Å². The summed E-state index contributed by atoms with van der Waals surface area (Å²) in [6.45, 7) is 6.86. The maximum atomic E-state index is 13.9. The highest BCUT2D eigenvalue weighted by Crippen LogP contribution is 2.22. The van der Waals surface area contributed by atoms with Crippen molar-refractivity contribution in [3.05, 3.63) is 0 Å². The van der Waals surface area contributed by atoms with Gasteiger partial charge < -0.3 is 5.73 Å². The molecule has 2 atom stereocenters. The van der Waals surface area contributed by atoms with Crippen LogP contribution in [0.15, 0.2) is 0 Å². The van der Waals surface area contributed by atoms with E-state index in [1.54, 1.807) is 0 Å². The van der Waals surface area contributed by atoms with Crippen molar-refractivity contribution >= 4 is 0 Å². The first-order chi connectivity index (χ1) is 8.63. The Bertz CT molecular complexity index is 170. The lowest BCUT2D eigenvalue weighted by Gasteiger charge is -2.22. The summed E-state index contributed by atoms with van der Waals surface area (Å²) < 4.78 is 13.9. The van der Waals surface area contributed by atoms with E-state index in [9.17, 15) is 4.39 Å². The molecule has 0 saturated heterocycles. The predicted octanol–water partition coefficient (Wildman–Crippen LogP) is 5.09. The molecule has 0 amide bonds. The van der Waals surface area contributed by atoms with Gasteiger partial charge in [-0.25, -0.2) is 4.39 Å². The average Bonchev–Trinajstić information content (AvgIpc) is 2.33. The smallest absolute Gasteiger partial charge is 0.104 e. The molecule has 0 bridgehead atoms. The number of hydrogen-bond acceptors (Lipinski definition) is 1. The van der Waals surface area contributed by atoms with E-state index in [4.69, 9.17) is 5.73 Å². The lowest BCUT2D eigenvalue weighted by molar-refractivity contribution is 0.171. The summed E-state index contributed by atoms with van der Waals surface area (Å²) in [5.74, 6) is 0.411. The van der Waals surface area contributed by atoms with Crippen LogP contribution in [0.5, 0.6) is 0 Å². The fraction of sp³-hybridized carbons (Fsp3) is 1.00. The summed E-state index contributed by atoms with van der Waals surface area (Å²) in [6, 6.07) is 0. The van der Waals surface area contributed by atoms with Crippen LogP contribution in [0, 0.1) is 11.8 Å². The second kappa shape index (κ2) is 12.0. The van der Waals surface area contributed by atoms with E-state index in [0.29, 0.717) is 18.9 Å². The third-order valence-corrected chi connectivity index (χ3v) is 3.93. The minimum atomic E-state index is -0.699. The molecule has 1 nitrogen and oxygen atoms in total. The minimum Gasteiger partial charge on any atom is -0.330 e. The van der Waals surface area contributed by atoms with Crippen molar-refractivity contribution in [2.24, 2.45) is 17.6 Å². The predicted molar refractivity (Wildman–Crippen MR) is 79.5 cm³/mol. The summed E-state index contributed by atoms with van der Waals surface area (Å²) in [5, 5.41) is 0. The van der Waals surface area contributed by atoms with Gasteiger partial charge in [0.25, 0.3) is 0 Å². The van der Waals surface area contributed by atoms with Gasteiger partial charge in [0.15, 0.2) is 0 Å². The van der Waals surface area contributed by atoms with Gasteiger partial charge in [-0.1, -0.05) is 72.1 Å². The Morgan fingerprint density at radius 2 is 1.39 bits per heavy atom. The summed E-state index contributed by atoms with van der Waals surface area (Å²) in [6.07, 6.45) is 10.2.